The molecule has 1 aliphatic rings. The Morgan fingerprint density at radius 1 is 1.36 bits per heavy atom. The summed E-state index contributed by atoms with van der Waals surface area (Å²) in [5.41, 5.74) is 1.11. The molecule has 3 rings (SSSR count). The van der Waals surface area contributed by atoms with Crippen LogP contribution in [0.4, 0.5) is 14.6 Å². The van der Waals surface area contributed by atoms with Crippen LogP contribution in [0.3, 0.4) is 0 Å². The van der Waals surface area contributed by atoms with Gasteiger partial charge in [-0.05, 0) is 19.1 Å². The molecular formula is C16H15ClF2N4O2. The molecule has 0 radical (unpaired) electrons. The van der Waals surface area contributed by atoms with Gasteiger partial charge in [0.25, 0.3) is 5.92 Å². The molecule has 1 N–H and O–H groups in total. The Balaban J connectivity index is 1.61. The maximum atomic E-state index is 12.9. The lowest BCUT2D eigenvalue weighted by molar-refractivity contribution is -0.134. The van der Waals surface area contributed by atoms with E-state index in [0.29, 0.717) is 17.1 Å². The Bertz CT molecular complexity index is 778. The van der Waals surface area contributed by atoms with E-state index in [1.165, 1.54) is 12.1 Å². The van der Waals surface area contributed by atoms with E-state index in [1.54, 1.807) is 19.1 Å². The van der Waals surface area contributed by atoms with Gasteiger partial charge in [-0.3, -0.25) is 9.78 Å². The molecule has 1 aliphatic carbocycles. The molecule has 1 amide bonds. The predicted octanol–water partition coefficient (Wildman–Crippen LogP) is 3.19. The highest BCUT2D eigenvalue weighted by atomic mass is 35.5. The SMILES string of the molecule is Cc1cc(OC2CC(F)(F)C2)cc(CC(=O)Nc2ccc(Cl)nn2)n1. The fraction of sp³-hybridized carbons (Fsp3) is 0.375. The lowest BCUT2D eigenvalue weighted by atomic mass is 9.91. The van der Waals surface area contributed by atoms with Crippen LogP contribution in [0.5, 0.6) is 5.75 Å². The van der Waals surface area contributed by atoms with Crippen molar-refractivity contribution in [2.45, 2.75) is 38.2 Å². The van der Waals surface area contributed by atoms with E-state index in [0.717, 1.165) is 0 Å². The number of ether oxygens (including phenoxy) is 1. The summed E-state index contributed by atoms with van der Waals surface area (Å²) in [5.74, 6) is -2.28. The molecule has 1 saturated carbocycles. The average molecular weight is 369 g/mol. The van der Waals surface area contributed by atoms with Gasteiger partial charge < -0.3 is 10.1 Å². The standard InChI is InChI=1S/C16H15ClF2N4O2/c1-9-4-11(25-12-7-16(18,19)8-12)5-10(20-9)6-15(24)21-14-3-2-13(17)22-23-14/h2-5,12H,6-8H2,1H3,(H,21,23,24). The largest absolute Gasteiger partial charge is 0.490 e. The number of aryl methyl sites for hydroxylation is 1. The van der Waals surface area contributed by atoms with E-state index in [4.69, 9.17) is 16.3 Å². The van der Waals surface area contributed by atoms with Crippen molar-refractivity contribution >= 4 is 23.3 Å². The molecule has 2 aromatic heterocycles. The highest BCUT2D eigenvalue weighted by Crippen LogP contribution is 2.39. The minimum atomic E-state index is -2.64. The fourth-order valence-electron chi connectivity index (χ4n) is 2.48. The number of halogens is 3. The van der Waals surface area contributed by atoms with Crippen molar-refractivity contribution in [3.05, 3.63) is 40.8 Å². The molecular weight excluding hydrogens is 354 g/mol. The summed E-state index contributed by atoms with van der Waals surface area (Å²) in [6, 6.07) is 6.27. The molecule has 0 bridgehead atoms. The van der Waals surface area contributed by atoms with Crippen molar-refractivity contribution in [3.8, 4) is 5.75 Å². The Hall–Kier alpha value is -2.35. The van der Waals surface area contributed by atoms with E-state index in [9.17, 15) is 13.6 Å². The molecule has 1 fully saturated rings. The summed E-state index contributed by atoms with van der Waals surface area (Å²) < 4.78 is 31.3. The number of amides is 1. The molecule has 0 atom stereocenters. The van der Waals surface area contributed by atoms with E-state index in [1.807, 2.05) is 0 Å². The number of carbonyl (C=O) groups excluding carboxylic acids is 1. The zero-order chi connectivity index (χ0) is 18.0. The minimum absolute atomic E-state index is 0.0107. The van der Waals surface area contributed by atoms with Gasteiger partial charge >= 0.3 is 0 Å². The van der Waals surface area contributed by atoms with Gasteiger partial charge in [0.05, 0.1) is 12.1 Å². The normalized spacial score (nSPS) is 16.2. The van der Waals surface area contributed by atoms with Crippen LogP contribution >= 0.6 is 11.6 Å². The smallest absolute Gasteiger partial charge is 0.255 e. The number of carbonyl (C=O) groups is 1. The number of hydrogen-bond acceptors (Lipinski definition) is 5. The highest BCUT2D eigenvalue weighted by molar-refractivity contribution is 6.29. The van der Waals surface area contributed by atoms with Gasteiger partial charge in [-0.15, -0.1) is 10.2 Å². The third-order valence-electron chi connectivity index (χ3n) is 3.58. The molecule has 2 heterocycles. The van der Waals surface area contributed by atoms with Crippen LogP contribution in [0.15, 0.2) is 24.3 Å². The first-order chi connectivity index (χ1) is 11.8. The average Bonchev–Trinajstić information content (AvgIpc) is 2.47. The second-order valence-corrected chi connectivity index (χ2v) is 6.29. The number of rotatable bonds is 5. The van der Waals surface area contributed by atoms with Crippen LogP contribution in [-0.2, 0) is 11.2 Å². The van der Waals surface area contributed by atoms with Crippen molar-refractivity contribution in [2.24, 2.45) is 0 Å². The Morgan fingerprint density at radius 3 is 2.76 bits per heavy atom. The monoisotopic (exact) mass is 368 g/mol. The predicted molar refractivity (Wildman–Crippen MR) is 86.9 cm³/mol. The number of nitrogens with one attached hydrogen (secondary N) is 1. The second kappa shape index (κ2) is 6.87. The minimum Gasteiger partial charge on any atom is -0.490 e. The summed E-state index contributed by atoms with van der Waals surface area (Å²) in [7, 11) is 0. The topological polar surface area (TPSA) is 77.0 Å². The Kier molecular flexibility index (Phi) is 4.80. The number of alkyl halides is 2. The zero-order valence-corrected chi connectivity index (χ0v) is 14.1. The Morgan fingerprint density at radius 2 is 2.12 bits per heavy atom. The summed E-state index contributed by atoms with van der Waals surface area (Å²) >= 11 is 5.63. The van der Waals surface area contributed by atoms with E-state index in [-0.39, 0.29) is 36.1 Å². The van der Waals surface area contributed by atoms with Gasteiger partial charge in [-0.2, -0.15) is 0 Å². The molecule has 0 spiro atoms. The van der Waals surface area contributed by atoms with Crippen molar-refractivity contribution in [1.29, 1.82) is 0 Å². The third kappa shape index (κ3) is 4.82. The first-order valence-electron chi connectivity index (χ1n) is 7.60. The van der Waals surface area contributed by atoms with Crippen LogP contribution in [0.1, 0.15) is 24.2 Å². The highest BCUT2D eigenvalue weighted by Gasteiger charge is 2.47. The van der Waals surface area contributed by atoms with E-state index in [2.05, 4.69) is 20.5 Å². The van der Waals surface area contributed by atoms with Crippen molar-refractivity contribution in [2.75, 3.05) is 5.32 Å². The van der Waals surface area contributed by atoms with Gasteiger partial charge in [0.15, 0.2) is 11.0 Å². The third-order valence-corrected chi connectivity index (χ3v) is 3.78. The first kappa shape index (κ1) is 17.5. The van der Waals surface area contributed by atoms with Gasteiger partial charge in [0.2, 0.25) is 5.91 Å². The van der Waals surface area contributed by atoms with Crippen LogP contribution in [-0.4, -0.2) is 33.1 Å². The number of hydrogen-bond donors (Lipinski definition) is 1. The van der Waals surface area contributed by atoms with Crippen LogP contribution in [0.25, 0.3) is 0 Å². The molecule has 0 aliphatic heterocycles. The quantitative estimate of drug-likeness (QED) is 0.877. The summed E-state index contributed by atoms with van der Waals surface area (Å²) in [5, 5.41) is 10.2. The van der Waals surface area contributed by atoms with Crippen molar-refractivity contribution in [1.82, 2.24) is 15.2 Å². The molecule has 132 valence electrons. The van der Waals surface area contributed by atoms with Crippen molar-refractivity contribution < 1.29 is 18.3 Å². The van der Waals surface area contributed by atoms with Gasteiger partial charge in [-0.25, -0.2) is 8.78 Å². The maximum Gasteiger partial charge on any atom is 0.255 e. The molecule has 0 aromatic carbocycles. The number of nitrogens with zero attached hydrogens (tertiary/aromatic N) is 3. The van der Waals surface area contributed by atoms with Crippen molar-refractivity contribution in [3.63, 3.8) is 0 Å². The summed E-state index contributed by atoms with van der Waals surface area (Å²) in [6.45, 7) is 1.74. The lowest BCUT2D eigenvalue weighted by Crippen LogP contribution is -2.43. The van der Waals surface area contributed by atoms with Crippen LogP contribution < -0.4 is 10.1 Å². The molecule has 6 nitrogen and oxygen atoms in total. The maximum absolute atomic E-state index is 12.9. The van der Waals surface area contributed by atoms with Gasteiger partial charge in [-0.1, -0.05) is 11.6 Å². The number of anilines is 1. The van der Waals surface area contributed by atoms with E-state index < -0.39 is 12.0 Å². The van der Waals surface area contributed by atoms with Gasteiger partial charge in [0, 0.05) is 30.7 Å². The van der Waals surface area contributed by atoms with Crippen LogP contribution in [0.2, 0.25) is 5.15 Å². The zero-order valence-electron chi connectivity index (χ0n) is 13.3. The van der Waals surface area contributed by atoms with E-state index >= 15 is 0 Å². The molecule has 25 heavy (non-hydrogen) atoms. The first-order valence-corrected chi connectivity index (χ1v) is 7.98. The van der Waals surface area contributed by atoms with Gasteiger partial charge in [0.1, 0.15) is 11.9 Å². The molecule has 0 saturated heterocycles. The number of pyridine rings is 1. The second-order valence-electron chi connectivity index (χ2n) is 5.91. The van der Waals surface area contributed by atoms with Crippen LogP contribution in [0, 0.1) is 6.92 Å². The molecule has 2 aromatic rings. The lowest BCUT2D eigenvalue weighted by Gasteiger charge is -2.34. The fourth-order valence-corrected chi connectivity index (χ4v) is 2.58. The Labute approximate surface area is 147 Å². The molecule has 0 unspecified atom stereocenters. The summed E-state index contributed by atoms with van der Waals surface area (Å²) in [6.07, 6.45) is -1.11. The summed E-state index contributed by atoms with van der Waals surface area (Å²) in [4.78, 5) is 16.3. The molecule has 9 heteroatoms. The number of aromatic nitrogens is 3.